The number of hydrogen-bond donors (Lipinski definition) is 0. The normalized spacial score (nSPS) is 19.6. The van der Waals surface area contributed by atoms with Crippen molar-refractivity contribution in [1.29, 1.82) is 0 Å². The lowest BCUT2D eigenvalue weighted by Gasteiger charge is -2.39. The lowest BCUT2D eigenvalue weighted by molar-refractivity contribution is -0.186. The molecule has 3 heteroatoms. The third kappa shape index (κ3) is 4.09. The molecule has 0 saturated heterocycles. The molecule has 0 spiro atoms. The fraction of sp³-hybridized carbons (Fsp3) is 1.00. The van der Waals surface area contributed by atoms with Crippen LogP contribution in [-0.4, -0.2) is 37.6 Å². The maximum atomic E-state index is 5.81. The third-order valence-electron chi connectivity index (χ3n) is 2.90. The number of ether oxygens (including phenoxy) is 3. The molecule has 0 amide bonds. The van der Waals surface area contributed by atoms with Crippen LogP contribution in [0, 0.1) is 0 Å². The molecule has 0 N–H and O–H groups in total. The fourth-order valence-electron chi connectivity index (χ4n) is 1.71. The van der Waals surface area contributed by atoms with E-state index in [4.69, 9.17) is 14.2 Å². The molecule has 0 saturated carbocycles. The molecule has 15 heavy (non-hydrogen) atoms. The molecule has 0 aromatic carbocycles. The lowest BCUT2D eigenvalue weighted by atomic mass is 9.93. The molecule has 0 aromatic heterocycles. The van der Waals surface area contributed by atoms with E-state index >= 15 is 0 Å². The van der Waals surface area contributed by atoms with Gasteiger partial charge >= 0.3 is 0 Å². The minimum atomic E-state index is -0.374. The van der Waals surface area contributed by atoms with E-state index in [1.165, 1.54) is 0 Å². The molecule has 0 aliphatic rings. The summed E-state index contributed by atoms with van der Waals surface area (Å²) in [7, 11) is 0. The van der Waals surface area contributed by atoms with Gasteiger partial charge in [-0.25, -0.2) is 0 Å². The summed E-state index contributed by atoms with van der Waals surface area (Å²) in [5.74, 6) is 0. The Balaban J connectivity index is 4.54. The molecule has 0 aliphatic heterocycles. The van der Waals surface area contributed by atoms with Crippen molar-refractivity contribution >= 4 is 0 Å². The van der Waals surface area contributed by atoms with Crippen LogP contribution in [0.2, 0.25) is 0 Å². The van der Waals surface area contributed by atoms with Crippen LogP contribution in [0.1, 0.15) is 41.5 Å². The van der Waals surface area contributed by atoms with Crippen molar-refractivity contribution in [3.8, 4) is 0 Å². The molecule has 2 unspecified atom stereocenters. The zero-order valence-electron chi connectivity index (χ0n) is 11.0. The maximum absolute atomic E-state index is 5.81. The molecular formula is C12H26O3. The topological polar surface area (TPSA) is 27.7 Å². The van der Waals surface area contributed by atoms with Gasteiger partial charge in [-0.15, -0.1) is 0 Å². The van der Waals surface area contributed by atoms with Crippen LogP contribution in [0.15, 0.2) is 0 Å². The van der Waals surface area contributed by atoms with Gasteiger partial charge in [-0.05, 0) is 41.5 Å². The second-order valence-corrected chi connectivity index (χ2v) is 3.81. The first-order valence-corrected chi connectivity index (χ1v) is 5.89. The van der Waals surface area contributed by atoms with Gasteiger partial charge < -0.3 is 14.2 Å². The summed E-state index contributed by atoms with van der Waals surface area (Å²) in [5, 5.41) is 0. The SMILES string of the molecule is CCOC(C)C(C)(OCC)C(C)OCC. The van der Waals surface area contributed by atoms with Crippen LogP contribution in [0.25, 0.3) is 0 Å². The highest BCUT2D eigenvalue weighted by atomic mass is 16.6. The first-order chi connectivity index (χ1) is 7.02. The van der Waals surface area contributed by atoms with Gasteiger partial charge in [0.25, 0.3) is 0 Å². The smallest absolute Gasteiger partial charge is 0.117 e. The molecule has 0 aliphatic carbocycles. The molecule has 0 rings (SSSR count). The van der Waals surface area contributed by atoms with E-state index in [1.807, 2.05) is 34.6 Å². The van der Waals surface area contributed by atoms with E-state index in [-0.39, 0.29) is 17.8 Å². The average Bonchev–Trinajstić information content (AvgIpc) is 2.18. The first kappa shape index (κ1) is 14.9. The second-order valence-electron chi connectivity index (χ2n) is 3.81. The van der Waals surface area contributed by atoms with Crippen LogP contribution in [0.4, 0.5) is 0 Å². The Hall–Kier alpha value is -0.120. The van der Waals surface area contributed by atoms with Gasteiger partial charge in [0, 0.05) is 19.8 Å². The van der Waals surface area contributed by atoms with Crippen molar-refractivity contribution in [1.82, 2.24) is 0 Å². The Morgan fingerprint density at radius 3 is 1.53 bits per heavy atom. The van der Waals surface area contributed by atoms with Gasteiger partial charge in [-0.1, -0.05) is 0 Å². The molecule has 2 atom stereocenters. The zero-order valence-corrected chi connectivity index (χ0v) is 11.0. The van der Waals surface area contributed by atoms with E-state index in [2.05, 4.69) is 6.92 Å². The van der Waals surface area contributed by atoms with Gasteiger partial charge in [0.1, 0.15) is 5.60 Å². The minimum absolute atomic E-state index is 0.0315. The molecule has 92 valence electrons. The van der Waals surface area contributed by atoms with Gasteiger partial charge in [-0.2, -0.15) is 0 Å². The molecule has 0 radical (unpaired) electrons. The van der Waals surface area contributed by atoms with Crippen molar-refractivity contribution in [2.75, 3.05) is 19.8 Å². The Kier molecular flexibility index (Phi) is 7.14. The largest absolute Gasteiger partial charge is 0.376 e. The minimum Gasteiger partial charge on any atom is -0.376 e. The van der Waals surface area contributed by atoms with E-state index < -0.39 is 0 Å². The van der Waals surface area contributed by atoms with Crippen molar-refractivity contribution in [2.24, 2.45) is 0 Å². The van der Waals surface area contributed by atoms with E-state index in [0.29, 0.717) is 19.8 Å². The highest BCUT2D eigenvalue weighted by Crippen LogP contribution is 2.25. The Morgan fingerprint density at radius 1 is 0.867 bits per heavy atom. The van der Waals surface area contributed by atoms with Gasteiger partial charge in [0.15, 0.2) is 0 Å². The predicted molar refractivity (Wildman–Crippen MR) is 62.2 cm³/mol. The van der Waals surface area contributed by atoms with E-state index in [0.717, 1.165) is 0 Å². The van der Waals surface area contributed by atoms with E-state index in [9.17, 15) is 0 Å². The van der Waals surface area contributed by atoms with Crippen LogP contribution >= 0.6 is 0 Å². The van der Waals surface area contributed by atoms with E-state index in [1.54, 1.807) is 0 Å². The summed E-state index contributed by atoms with van der Waals surface area (Å²) in [6, 6.07) is 0. The van der Waals surface area contributed by atoms with Crippen molar-refractivity contribution in [2.45, 2.75) is 59.4 Å². The highest BCUT2D eigenvalue weighted by molar-refractivity contribution is 4.88. The lowest BCUT2D eigenvalue weighted by Crippen LogP contribution is -2.51. The van der Waals surface area contributed by atoms with Crippen LogP contribution in [-0.2, 0) is 14.2 Å². The number of hydrogen-bond acceptors (Lipinski definition) is 3. The zero-order chi connectivity index (χ0) is 11.9. The van der Waals surface area contributed by atoms with Gasteiger partial charge in [0.2, 0.25) is 0 Å². The third-order valence-corrected chi connectivity index (χ3v) is 2.90. The summed E-state index contributed by atoms with van der Waals surface area (Å²) < 4.78 is 17.1. The molecule has 0 heterocycles. The Bertz CT molecular complexity index is 147. The maximum Gasteiger partial charge on any atom is 0.117 e. The molecule has 0 bridgehead atoms. The van der Waals surface area contributed by atoms with Gasteiger partial charge in [0.05, 0.1) is 12.2 Å². The van der Waals surface area contributed by atoms with Crippen molar-refractivity contribution < 1.29 is 14.2 Å². The second kappa shape index (κ2) is 7.20. The quantitative estimate of drug-likeness (QED) is 0.627. The summed E-state index contributed by atoms with van der Waals surface area (Å²) in [5.41, 5.74) is -0.374. The number of rotatable bonds is 8. The van der Waals surface area contributed by atoms with Crippen LogP contribution < -0.4 is 0 Å². The average molecular weight is 218 g/mol. The summed E-state index contributed by atoms with van der Waals surface area (Å²) in [6.07, 6.45) is 0.0630. The Labute approximate surface area is 94.1 Å². The van der Waals surface area contributed by atoms with Crippen molar-refractivity contribution in [3.05, 3.63) is 0 Å². The first-order valence-electron chi connectivity index (χ1n) is 5.89. The van der Waals surface area contributed by atoms with Gasteiger partial charge in [-0.3, -0.25) is 0 Å². The van der Waals surface area contributed by atoms with Crippen LogP contribution in [0.5, 0.6) is 0 Å². The molecule has 0 aromatic rings. The Morgan fingerprint density at radius 2 is 1.27 bits per heavy atom. The summed E-state index contributed by atoms with van der Waals surface area (Å²) in [6.45, 7) is 14.2. The van der Waals surface area contributed by atoms with Crippen molar-refractivity contribution in [3.63, 3.8) is 0 Å². The summed E-state index contributed by atoms with van der Waals surface area (Å²) in [4.78, 5) is 0. The molecular weight excluding hydrogens is 192 g/mol. The summed E-state index contributed by atoms with van der Waals surface area (Å²) >= 11 is 0. The predicted octanol–water partition coefficient (Wildman–Crippen LogP) is 2.63. The monoisotopic (exact) mass is 218 g/mol. The molecule has 3 nitrogen and oxygen atoms in total. The highest BCUT2D eigenvalue weighted by Gasteiger charge is 2.38. The molecule has 0 fully saturated rings. The van der Waals surface area contributed by atoms with Crippen LogP contribution in [0.3, 0.4) is 0 Å². The fourth-order valence-corrected chi connectivity index (χ4v) is 1.71. The standard InChI is InChI=1S/C12H26O3/c1-7-13-10(4)12(6,15-9-3)11(5)14-8-2/h10-11H,7-9H2,1-6H3.